The van der Waals surface area contributed by atoms with Gasteiger partial charge in [0, 0.05) is 24.4 Å². The van der Waals surface area contributed by atoms with E-state index < -0.39 is 0 Å². The Hall–Kier alpha value is -1.55. The third-order valence-corrected chi connectivity index (χ3v) is 3.27. The van der Waals surface area contributed by atoms with E-state index >= 15 is 0 Å². The number of hydrogen-bond acceptors (Lipinski definition) is 2. The minimum absolute atomic E-state index is 0.295. The predicted molar refractivity (Wildman–Crippen MR) is 64.3 cm³/mol. The molecule has 1 aromatic heterocycles. The average molecular weight is 232 g/mol. The Kier molecular flexibility index (Phi) is 2.29. The second-order valence-electron chi connectivity index (χ2n) is 3.86. The second kappa shape index (κ2) is 3.79. The topological polar surface area (TPSA) is 29.9 Å². The van der Waals surface area contributed by atoms with Crippen molar-refractivity contribution in [2.45, 2.75) is 12.5 Å². The number of aromatic nitrogens is 2. The lowest BCUT2D eigenvalue weighted by molar-refractivity contribution is 0.255. The van der Waals surface area contributed by atoms with Crippen LogP contribution in [0.25, 0.3) is 0 Å². The summed E-state index contributed by atoms with van der Waals surface area (Å²) in [6.45, 7) is 0.745. The third kappa shape index (κ3) is 1.46. The molecule has 1 N–H and O–H groups in total. The van der Waals surface area contributed by atoms with Crippen molar-refractivity contribution in [3.8, 4) is 5.75 Å². The Morgan fingerprint density at radius 3 is 3.06 bits per heavy atom. The van der Waals surface area contributed by atoms with Crippen LogP contribution < -0.4 is 4.74 Å². The number of hydrogen-bond donors (Lipinski definition) is 1. The molecule has 0 saturated heterocycles. The zero-order valence-corrected chi connectivity index (χ0v) is 9.54. The summed E-state index contributed by atoms with van der Waals surface area (Å²) in [6.07, 6.45) is 4.83. The van der Waals surface area contributed by atoms with Gasteiger partial charge < -0.3 is 14.3 Å². The zero-order valence-electron chi connectivity index (χ0n) is 8.72. The highest BCUT2D eigenvalue weighted by Gasteiger charge is 2.22. The Balaban J connectivity index is 2.12. The van der Waals surface area contributed by atoms with E-state index in [2.05, 4.69) is 15.6 Å². The van der Waals surface area contributed by atoms with Gasteiger partial charge in [0.2, 0.25) is 0 Å². The number of aromatic amines is 1. The third-order valence-electron chi connectivity index (χ3n) is 2.94. The summed E-state index contributed by atoms with van der Waals surface area (Å²) >= 11 is 5.26. The molecule has 16 heavy (non-hydrogen) atoms. The van der Waals surface area contributed by atoms with Gasteiger partial charge in [0.05, 0.1) is 12.6 Å². The van der Waals surface area contributed by atoms with Crippen LogP contribution in [-0.4, -0.2) is 16.2 Å². The SMILES string of the molecule is S=c1[nH]ccn1C1CCOc2ccccc21. The maximum atomic E-state index is 5.63. The number of H-pyrrole nitrogens is 1. The number of ether oxygens (including phenoxy) is 1. The van der Waals surface area contributed by atoms with E-state index in [1.54, 1.807) is 0 Å². The number of nitrogens with zero attached hydrogens (tertiary/aromatic N) is 1. The summed E-state index contributed by atoms with van der Waals surface area (Å²) in [5.41, 5.74) is 1.21. The maximum absolute atomic E-state index is 5.63. The fourth-order valence-electron chi connectivity index (χ4n) is 2.19. The molecule has 1 aliphatic rings. The number of imidazole rings is 1. The predicted octanol–water partition coefficient (Wildman–Crippen LogP) is 2.92. The normalized spacial score (nSPS) is 18.9. The first kappa shape index (κ1) is 9.66. The van der Waals surface area contributed by atoms with Crippen molar-refractivity contribution in [2.24, 2.45) is 0 Å². The van der Waals surface area contributed by atoms with Crippen LogP contribution >= 0.6 is 12.2 Å². The molecular weight excluding hydrogens is 220 g/mol. The molecule has 0 aliphatic carbocycles. The molecule has 82 valence electrons. The number of para-hydroxylation sites is 1. The molecule has 1 aliphatic heterocycles. The van der Waals surface area contributed by atoms with Crippen molar-refractivity contribution in [1.82, 2.24) is 9.55 Å². The summed E-state index contributed by atoms with van der Waals surface area (Å²) in [4.78, 5) is 3.03. The summed E-state index contributed by atoms with van der Waals surface area (Å²) < 4.78 is 8.49. The zero-order chi connectivity index (χ0) is 11.0. The van der Waals surface area contributed by atoms with Crippen LogP contribution in [0.4, 0.5) is 0 Å². The Labute approximate surface area is 98.7 Å². The summed E-state index contributed by atoms with van der Waals surface area (Å²) in [7, 11) is 0. The van der Waals surface area contributed by atoms with Crippen LogP contribution in [0.15, 0.2) is 36.7 Å². The van der Waals surface area contributed by atoms with E-state index in [4.69, 9.17) is 17.0 Å². The highest BCUT2D eigenvalue weighted by atomic mass is 32.1. The summed E-state index contributed by atoms with van der Waals surface area (Å²) in [5, 5.41) is 0. The molecule has 1 atom stereocenters. The molecule has 0 spiro atoms. The van der Waals surface area contributed by atoms with Gasteiger partial charge in [-0.05, 0) is 18.3 Å². The summed E-state index contributed by atoms with van der Waals surface area (Å²) in [5.74, 6) is 0.974. The number of nitrogens with one attached hydrogen (secondary N) is 1. The first-order chi connectivity index (χ1) is 7.86. The number of rotatable bonds is 1. The van der Waals surface area contributed by atoms with E-state index in [-0.39, 0.29) is 0 Å². The highest BCUT2D eigenvalue weighted by Crippen LogP contribution is 2.34. The van der Waals surface area contributed by atoms with E-state index in [0.29, 0.717) is 6.04 Å². The van der Waals surface area contributed by atoms with Crippen LogP contribution in [0.2, 0.25) is 0 Å². The van der Waals surface area contributed by atoms with Gasteiger partial charge in [-0.2, -0.15) is 0 Å². The average Bonchev–Trinajstić information content (AvgIpc) is 2.75. The van der Waals surface area contributed by atoms with Gasteiger partial charge in [-0.3, -0.25) is 0 Å². The maximum Gasteiger partial charge on any atom is 0.177 e. The number of benzene rings is 1. The Bertz CT molecular complexity index is 558. The molecule has 0 fully saturated rings. The minimum atomic E-state index is 0.295. The molecular formula is C12H12N2OS. The van der Waals surface area contributed by atoms with Crippen molar-refractivity contribution < 1.29 is 4.74 Å². The van der Waals surface area contributed by atoms with Gasteiger partial charge >= 0.3 is 0 Å². The first-order valence-electron chi connectivity index (χ1n) is 5.33. The first-order valence-corrected chi connectivity index (χ1v) is 5.74. The highest BCUT2D eigenvalue weighted by molar-refractivity contribution is 7.71. The minimum Gasteiger partial charge on any atom is -0.493 e. The van der Waals surface area contributed by atoms with Crippen LogP contribution in [0, 0.1) is 4.77 Å². The van der Waals surface area contributed by atoms with Crippen LogP contribution in [-0.2, 0) is 0 Å². The molecule has 2 heterocycles. The second-order valence-corrected chi connectivity index (χ2v) is 4.25. The largest absolute Gasteiger partial charge is 0.493 e. The van der Waals surface area contributed by atoms with Crippen LogP contribution in [0.3, 0.4) is 0 Å². The van der Waals surface area contributed by atoms with Gasteiger partial charge in [-0.15, -0.1) is 0 Å². The fraction of sp³-hybridized carbons (Fsp3) is 0.250. The van der Waals surface area contributed by atoms with Crippen LogP contribution in [0.1, 0.15) is 18.0 Å². The van der Waals surface area contributed by atoms with Gasteiger partial charge in [0.1, 0.15) is 5.75 Å². The standard InChI is InChI=1S/C12H12N2OS/c16-12-13-6-7-14(12)10-5-8-15-11-4-2-1-3-9(10)11/h1-4,6-7,10H,5,8H2,(H,13,16). The quantitative estimate of drug-likeness (QED) is 0.766. The fourth-order valence-corrected chi connectivity index (χ4v) is 2.44. The van der Waals surface area contributed by atoms with E-state index in [0.717, 1.165) is 23.5 Å². The van der Waals surface area contributed by atoms with Gasteiger partial charge in [-0.1, -0.05) is 18.2 Å². The molecule has 0 bridgehead atoms. The molecule has 2 aromatic rings. The van der Waals surface area contributed by atoms with Crippen molar-refractivity contribution >= 4 is 12.2 Å². The van der Waals surface area contributed by atoms with Crippen molar-refractivity contribution in [1.29, 1.82) is 0 Å². The smallest absolute Gasteiger partial charge is 0.177 e. The Morgan fingerprint density at radius 1 is 1.38 bits per heavy atom. The Morgan fingerprint density at radius 2 is 2.25 bits per heavy atom. The van der Waals surface area contributed by atoms with Crippen molar-refractivity contribution in [3.63, 3.8) is 0 Å². The molecule has 0 saturated carbocycles. The lowest BCUT2D eigenvalue weighted by Crippen LogP contribution is -2.19. The molecule has 3 nitrogen and oxygen atoms in total. The number of fused-ring (bicyclic) bond motifs is 1. The summed E-state index contributed by atoms with van der Waals surface area (Å²) in [6, 6.07) is 8.45. The molecule has 1 unspecified atom stereocenters. The van der Waals surface area contributed by atoms with Crippen molar-refractivity contribution in [3.05, 3.63) is 47.0 Å². The van der Waals surface area contributed by atoms with E-state index in [1.165, 1.54) is 5.56 Å². The lowest BCUT2D eigenvalue weighted by atomic mass is 10.0. The van der Waals surface area contributed by atoms with E-state index in [9.17, 15) is 0 Å². The molecule has 3 rings (SSSR count). The van der Waals surface area contributed by atoms with Crippen molar-refractivity contribution in [2.75, 3.05) is 6.61 Å². The molecule has 0 amide bonds. The van der Waals surface area contributed by atoms with Gasteiger partial charge in [-0.25, -0.2) is 0 Å². The van der Waals surface area contributed by atoms with Gasteiger partial charge in [0.15, 0.2) is 4.77 Å². The molecule has 0 radical (unpaired) electrons. The lowest BCUT2D eigenvalue weighted by Gasteiger charge is -2.26. The van der Waals surface area contributed by atoms with Gasteiger partial charge in [0.25, 0.3) is 0 Å². The molecule has 4 heteroatoms. The monoisotopic (exact) mass is 232 g/mol. The van der Waals surface area contributed by atoms with E-state index in [1.807, 2.05) is 30.6 Å². The molecule has 1 aromatic carbocycles. The van der Waals surface area contributed by atoms with Crippen LogP contribution in [0.5, 0.6) is 5.75 Å².